The molecule has 0 bridgehead atoms. The minimum atomic E-state index is -0.402. The first-order valence-corrected chi connectivity index (χ1v) is 7.36. The molecule has 4 nitrogen and oxygen atoms in total. The van der Waals surface area contributed by atoms with Gasteiger partial charge in [0.25, 0.3) is 0 Å². The average molecular weight is 329 g/mol. The molecule has 0 fully saturated rings. The Hall–Kier alpha value is -2.59. The van der Waals surface area contributed by atoms with Crippen LogP contribution in [0.1, 0.15) is 21.5 Å². The van der Waals surface area contributed by atoms with Crippen molar-refractivity contribution in [1.29, 1.82) is 0 Å². The topological polar surface area (TPSA) is 56.5 Å². The first-order chi connectivity index (χ1) is 11.1. The molecule has 0 N–H and O–H groups in total. The van der Waals surface area contributed by atoms with E-state index in [0.717, 1.165) is 11.8 Å². The van der Waals surface area contributed by atoms with Gasteiger partial charge in [-0.3, -0.25) is 9.59 Å². The zero-order valence-corrected chi connectivity index (χ0v) is 13.1. The Morgan fingerprint density at radius 2 is 2.00 bits per heavy atom. The van der Waals surface area contributed by atoms with Gasteiger partial charge < -0.3 is 9.15 Å². The number of carbonyl (C=O) groups is 1. The van der Waals surface area contributed by atoms with Crippen LogP contribution in [0.5, 0.6) is 5.75 Å². The van der Waals surface area contributed by atoms with E-state index in [1.165, 1.54) is 6.07 Å². The number of hydrogen-bond acceptors (Lipinski definition) is 4. The van der Waals surface area contributed by atoms with Crippen LogP contribution in [-0.4, -0.2) is 6.29 Å². The van der Waals surface area contributed by atoms with E-state index in [0.29, 0.717) is 34.8 Å². The molecular weight excluding hydrogens is 316 g/mol. The molecule has 2 aromatic carbocycles. The van der Waals surface area contributed by atoms with Crippen molar-refractivity contribution >= 4 is 28.9 Å². The lowest BCUT2D eigenvalue weighted by Gasteiger charge is -2.12. The van der Waals surface area contributed by atoms with Crippen LogP contribution in [0, 0.1) is 6.92 Å². The van der Waals surface area contributed by atoms with Gasteiger partial charge in [-0.2, -0.15) is 0 Å². The highest BCUT2D eigenvalue weighted by molar-refractivity contribution is 6.33. The summed E-state index contributed by atoms with van der Waals surface area (Å²) in [6, 6.07) is 11.1. The van der Waals surface area contributed by atoms with Crippen LogP contribution in [-0.2, 0) is 6.61 Å². The van der Waals surface area contributed by atoms with Crippen molar-refractivity contribution < 1.29 is 13.9 Å². The van der Waals surface area contributed by atoms with Crippen molar-refractivity contribution in [3.63, 3.8) is 0 Å². The molecule has 3 rings (SSSR count). The van der Waals surface area contributed by atoms with Crippen LogP contribution >= 0.6 is 11.6 Å². The van der Waals surface area contributed by atoms with Gasteiger partial charge in [-0.15, -0.1) is 0 Å². The molecule has 0 unspecified atom stereocenters. The van der Waals surface area contributed by atoms with E-state index in [1.54, 1.807) is 6.92 Å². The Kier molecular flexibility index (Phi) is 4.17. The number of aryl methyl sites for hydroxylation is 1. The van der Waals surface area contributed by atoms with Crippen molar-refractivity contribution in [3.8, 4) is 5.75 Å². The monoisotopic (exact) mass is 328 g/mol. The van der Waals surface area contributed by atoms with Gasteiger partial charge in [0.15, 0.2) is 6.29 Å². The summed E-state index contributed by atoms with van der Waals surface area (Å²) in [6.07, 6.45) is 1.62. The van der Waals surface area contributed by atoms with Gasteiger partial charge in [-0.05, 0) is 18.6 Å². The van der Waals surface area contributed by atoms with E-state index in [9.17, 15) is 9.59 Å². The molecule has 0 aliphatic rings. The summed E-state index contributed by atoms with van der Waals surface area (Å²) in [4.78, 5) is 23.0. The van der Waals surface area contributed by atoms with Crippen LogP contribution in [0.3, 0.4) is 0 Å². The predicted molar refractivity (Wildman–Crippen MR) is 88.4 cm³/mol. The molecule has 0 amide bonds. The lowest BCUT2D eigenvalue weighted by molar-refractivity contribution is 0.112. The maximum Gasteiger partial charge on any atom is 0.203 e. The molecule has 3 aromatic rings. The molecule has 116 valence electrons. The van der Waals surface area contributed by atoms with Crippen LogP contribution in [0.4, 0.5) is 0 Å². The van der Waals surface area contributed by atoms with Crippen molar-refractivity contribution in [1.82, 2.24) is 0 Å². The van der Waals surface area contributed by atoms with Crippen LogP contribution in [0.15, 0.2) is 51.9 Å². The number of halogens is 1. The second-order valence-corrected chi connectivity index (χ2v) is 5.51. The summed E-state index contributed by atoms with van der Waals surface area (Å²) >= 11 is 6.25. The second kappa shape index (κ2) is 6.26. The van der Waals surface area contributed by atoms with Gasteiger partial charge in [-0.1, -0.05) is 41.9 Å². The Balaban J connectivity index is 2.05. The number of hydrogen-bond donors (Lipinski definition) is 0. The fraction of sp³-hybridized carbons (Fsp3) is 0.111. The SMILES string of the molecule is Cc1c(OCc2ccccc2)c(Cl)cc2c(=O)c(C=O)coc12. The van der Waals surface area contributed by atoms with E-state index in [4.69, 9.17) is 20.8 Å². The minimum Gasteiger partial charge on any atom is -0.487 e. The van der Waals surface area contributed by atoms with Crippen molar-refractivity contribution in [2.24, 2.45) is 0 Å². The molecule has 0 aliphatic carbocycles. The third-order valence-corrected chi connectivity index (χ3v) is 3.86. The highest BCUT2D eigenvalue weighted by atomic mass is 35.5. The fourth-order valence-corrected chi connectivity index (χ4v) is 2.69. The smallest absolute Gasteiger partial charge is 0.203 e. The number of benzene rings is 2. The first-order valence-electron chi connectivity index (χ1n) is 6.98. The van der Waals surface area contributed by atoms with Crippen LogP contribution in [0.25, 0.3) is 11.0 Å². The number of fused-ring (bicyclic) bond motifs is 1. The summed E-state index contributed by atoms with van der Waals surface area (Å²) in [5, 5.41) is 0.574. The lowest BCUT2D eigenvalue weighted by Crippen LogP contribution is -2.09. The minimum absolute atomic E-state index is 0.0362. The zero-order valence-electron chi connectivity index (χ0n) is 12.3. The van der Waals surface area contributed by atoms with E-state index in [2.05, 4.69) is 0 Å². The zero-order chi connectivity index (χ0) is 16.4. The third-order valence-electron chi connectivity index (χ3n) is 3.58. The van der Waals surface area contributed by atoms with Gasteiger partial charge in [0.2, 0.25) is 5.43 Å². The van der Waals surface area contributed by atoms with Crippen molar-refractivity contribution in [2.45, 2.75) is 13.5 Å². The summed E-state index contributed by atoms with van der Waals surface area (Å²) < 4.78 is 11.2. The van der Waals surface area contributed by atoms with Crippen molar-refractivity contribution in [2.75, 3.05) is 0 Å². The molecule has 0 saturated carbocycles. The fourth-order valence-electron chi connectivity index (χ4n) is 2.38. The molecule has 1 aromatic heterocycles. The molecule has 0 spiro atoms. The Morgan fingerprint density at radius 1 is 1.26 bits per heavy atom. The molecule has 5 heteroatoms. The Bertz CT molecular complexity index is 929. The van der Waals surface area contributed by atoms with Gasteiger partial charge >= 0.3 is 0 Å². The number of ether oxygens (including phenoxy) is 1. The van der Waals surface area contributed by atoms with E-state index < -0.39 is 5.43 Å². The molecule has 0 atom stereocenters. The average Bonchev–Trinajstić information content (AvgIpc) is 2.57. The Morgan fingerprint density at radius 3 is 2.70 bits per heavy atom. The molecule has 0 aliphatic heterocycles. The van der Waals surface area contributed by atoms with Gasteiger partial charge in [0.05, 0.1) is 16.0 Å². The van der Waals surface area contributed by atoms with E-state index in [1.807, 2.05) is 30.3 Å². The molecule has 23 heavy (non-hydrogen) atoms. The first kappa shape index (κ1) is 15.3. The second-order valence-electron chi connectivity index (χ2n) is 5.10. The summed E-state index contributed by atoms with van der Waals surface area (Å²) in [6.45, 7) is 2.11. The maximum absolute atomic E-state index is 12.2. The standard InChI is InChI=1S/C18H13ClO4/c1-11-17-14(16(21)13(8-20)10-23-17)7-15(19)18(11)22-9-12-5-3-2-4-6-12/h2-8,10H,9H2,1H3. The van der Waals surface area contributed by atoms with Gasteiger partial charge in [-0.25, -0.2) is 0 Å². The maximum atomic E-state index is 12.2. The molecule has 1 heterocycles. The number of aldehydes is 1. The highest BCUT2D eigenvalue weighted by Crippen LogP contribution is 2.34. The molecular formula is C18H13ClO4. The summed E-state index contributed by atoms with van der Waals surface area (Å²) in [5.41, 5.74) is 1.55. The number of carbonyl (C=O) groups excluding carboxylic acids is 1. The molecule has 0 radical (unpaired) electrons. The van der Waals surface area contributed by atoms with Crippen LogP contribution in [0.2, 0.25) is 5.02 Å². The Labute approximate surface area is 137 Å². The van der Waals surface area contributed by atoms with E-state index in [-0.39, 0.29) is 10.9 Å². The van der Waals surface area contributed by atoms with Gasteiger partial charge in [0.1, 0.15) is 24.2 Å². The van der Waals surface area contributed by atoms with E-state index >= 15 is 0 Å². The lowest BCUT2D eigenvalue weighted by atomic mass is 10.1. The summed E-state index contributed by atoms with van der Waals surface area (Å²) in [7, 11) is 0. The summed E-state index contributed by atoms with van der Waals surface area (Å²) in [5.74, 6) is 0.463. The highest BCUT2D eigenvalue weighted by Gasteiger charge is 2.16. The third kappa shape index (κ3) is 2.85. The van der Waals surface area contributed by atoms with Crippen molar-refractivity contribution in [3.05, 3.63) is 74.6 Å². The normalized spacial score (nSPS) is 10.7. The quantitative estimate of drug-likeness (QED) is 0.675. The number of rotatable bonds is 4. The largest absolute Gasteiger partial charge is 0.487 e. The molecule has 0 saturated heterocycles. The van der Waals surface area contributed by atoms with Gasteiger partial charge in [0, 0.05) is 5.56 Å². The van der Waals surface area contributed by atoms with Crippen LogP contribution < -0.4 is 10.2 Å². The predicted octanol–water partition coefficient (Wildman–Crippen LogP) is 4.15.